The fourth-order valence-electron chi connectivity index (χ4n) is 2.39. The second kappa shape index (κ2) is 6.27. The molecule has 0 saturated heterocycles. The molecule has 1 N–H and O–H groups in total. The molecule has 0 aliphatic heterocycles. The molecule has 124 valence electrons. The van der Waals surface area contributed by atoms with Gasteiger partial charge in [-0.25, -0.2) is 18.4 Å². The average Bonchev–Trinajstić information content (AvgIpc) is 3.07. The van der Waals surface area contributed by atoms with Gasteiger partial charge in [-0.15, -0.1) is 0 Å². The standard InChI is InChI=1S/C18H13N3O2S2/c22-25(23,15-5-2-1-3-6-15)21-14-10-8-13(9-11-14)17-20-16-7-4-12-19-18(16)24-17/h1-12,21H. The highest BCUT2D eigenvalue weighted by Gasteiger charge is 2.13. The van der Waals surface area contributed by atoms with Crippen LogP contribution in [0, 0.1) is 0 Å². The van der Waals surface area contributed by atoms with E-state index in [1.165, 1.54) is 11.3 Å². The Bertz CT molecular complexity index is 1090. The summed E-state index contributed by atoms with van der Waals surface area (Å²) in [6.45, 7) is 0. The van der Waals surface area contributed by atoms with Crippen molar-refractivity contribution in [2.45, 2.75) is 4.90 Å². The van der Waals surface area contributed by atoms with Crippen LogP contribution in [-0.4, -0.2) is 18.4 Å². The molecule has 0 bridgehead atoms. The number of nitrogens with one attached hydrogen (secondary N) is 1. The van der Waals surface area contributed by atoms with Gasteiger partial charge >= 0.3 is 0 Å². The molecule has 0 atom stereocenters. The number of aromatic nitrogens is 2. The van der Waals surface area contributed by atoms with E-state index in [4.69, 9.17) is 0 Å². The monoisotopic (exact) mass is 367 g/mol. The number of hydrogen-bond donors (Lipinski definition) is 1. The lowest BCUT2D eigenvalue weighted by Gasteiger charge is -2.08. The molecule has 0 radical (unpaired) electrons. The predicted octanol–water partition coefficient (Wildman–Crippen LogP) is 4.16. The number of pyridine rings is 1. The second-order valence-corrected chi connectivity index (χ2v) is 8.00. The van der Waals surface area contributed by atoms with E-state index in [0.29, 0.717) is 5.69 Å². The van der Waals surface area contributed by atoms with Crippen LogP contribution < -0.4 is 4.72 Å². The Morgan fingerprint density at radius 1 is 0.880 bits per heavy atom. The Balaban J connectivity index is 1.60. The fraction of sp³-hybridized carbons (Fsp3) is 0. The topological polar surface area (TPSA) is 72.0 Å². The molecule has 0 aliphatic carbocycles. The van der Waals surface area contributed by atoms with Crippen LogP contribution in [0.5, 0.6) is 0 Å². The second-order valence-electron chi connectivity index (χ2n) is 5.34. The number of anilines is 1. The van der Waals surface area contributed by atoms with Crippen LogP contribution in [0.25, 0.3) is 20.9 Å². The van der Waals surface area contributed by atoms with E-state index in [1.54, 1.807) is 48.7 Å². The molecule has 4 aromatic rings. The van der Waals surface area contributed by atoms with Crippen molar-refractivity contribution >= 4 is 37.4 Å². The minimum absolute atomic E-state index is 0.233. The number of rotatable bonds is 4. The Kier molecular flexibility index (Phi) is 3.95. The predicted molar refractivity (Wildman–Crippen MR) is 100 cm³/mol. The van der Waals surface area contributed by atoms with Gasteiger partial charge in [-0.1, -0.05) is 29.5 Å². The van der Waals surface area contributed by atoms with E-state index in [0.717, 1.165) is 20.9 Å². The first-order valence-corrected chi connectivity index (χ1v) is 9.82. The highest BCUT2D eigenvalue weighted by atomic mass is 32.2. The molecule has 2 aromatic heterocycles. The van der Waals surface area contributed by atoms with E-state index < -0.39 is 10.0 Å². The van der Waals surface area contributed by atoms with Crippen molar-refractivity contribution in [2.24, 2.45) is 0 Å². The third kappa shape index (κ3) is 3.24. The molecule has 2 aromatic carbocycles. The average molecular weight is 367 g/mol. The van der Waals surface area contributed by atoms with Crippen molar-refractivity contribution in [1.82, 2.24) is 9.97 Å². The largest absolute Gasteiger partial charge is 0.280 e. The van der Waals surface area contributed by atoms with E-state index >= 15 is 0 Å². The maximum absolute atomic E-state index is 12.3. The Morgan fingerprint density at radius 3 is 2.36 bits per heavy atom. The maximum atomic E-state index is 12.3. The Hall–Kier alpha value is -2.77. The third-order valence-electron chi connectivity index (χ3n) is 3.60. The van der Waals surface area contributed by atoms with E-state index in [2.05, 4.69) is 14.7 Å². The molecule has 4 rings (SSSR count). The minimum Gasteiger partial charge on any atom is -0.280 e. The summed E-state index contributed by atoms with van der Waals surface area (Å²) in [6, 6.07) is 19.2. The number of benzene rings is 2. The van der Waals surface area contributed by atoms with Crippen molar-refractivity contribution in [3.05, 3.63) is 72.9 Å². The SMILES string of the molecule is O=S(=O)(Nc1ccc(-c2nc3cccnc3s2)cc1)c1ccccc1. The Labute approximate surface area is 149 Å². The van der Waals surface area contributed by atoms with E-state index in [9.17, 15) is 8.42 Å². The van der Waals surface area contributed by atoms with Crippen molar-refractivity contribution in [3.63, 3.8) is 0 Å². The third-order valence-corrected chi connectivity index (χ3v) is 6.03. The van der Waals surface area contributed by atoms with Gasteiger partial charge < -0.3 is 0 Å². The zero-order valence-corrected chi connectivity index (χ0v) is 14.6. The maximum Gasteiger partial charge on any atom is 0.261 e. The number of hydrogen-bond acceptors (Lipinski definition) is 5. The van der Waals surface area contributed by atoms with Gasteiger partial charge in [0.25, 0.3) is 10.0 Å². The van der Waals surface area contributed by atoms with E-state index in [1.807, 2.05) is 24.3 Å². The van der Waals surface area contributed by atoms with Crippen molar-refractivity contribution in [3.8, 4) is 10.6 Å². The first-order chi connectivity index (χ1) is 12.1. The van der Waals surface area contributed by atoms with E-state index in [-0.39, 0.29) is 4.90 Å². The molecule has 0 fully saturated rings. The normalized spacial score (nSPS) is 11.5. The number of thiazole rings is 1. The van der Waals surface area contributed by atoms with Crippen LogP contribution in [0.1, 0.15) is 0 Å². The highest BCUT2D eigenvalue weighted by Crippen LogP contribution is 2.29. The van der Waals surface area contributed by atoms with Gasteiger partial charge in [-0.2, -0.15) is 0 Å². The molecule has 0 amide bonds. The summed E-state index contributed by atoms with van der Waals surface area (Å²) in [4.78, 5) is 9.96. The van der Waals surface area contributed by atoms with Gasteiger partial charge in [0, 0.05) is 17.4 Å². The summed E-state index contributed by atoms with van der Waals surface area (Å²) in [5.41, 5.74) is 2.29. The lowest BCUT2D eigenvalue weighted by Crippen LogP contribution is -2.12. The quantitative estimate of drug-likeness (QED) is 0.588. The molecular weight excluding hydrogens is 354 g/mol. The van der Waals surface area contributed by atoms with Crippen molar-refractivity contribution in [1.29, 1.82) is 0 Å². The van der Waals surface area contributed by atoms with Gasteiger partial charge in [-0.3, -0.25) is 4.72 Å². The first kappa shape index (κ1) is 15.7. The van der Waals surface area contributed by atoms with Gasteiger partial charge in [0.15, 0.2) is 0 Å². The van der Waals surface area contributed by atoms with Crippen LogP contribution in [0.3, 0.4) is 0 Å². The smallest absolute Gasteiger partial charge is 0.261 e. The van der Waals surface area contributed by atoms with Crippen LogP contribution in [0.4, 0.5) is 5.69 Å². The van der Waals surface area contributed by atoms with Crippen LogP contribution in [0.15, 0.2) is 77.8 Å². The van der Waals surface area contributed by atoms with Gasteiger partial charge in [0.05, 0.1) is 4.90 Å². The summed E-state index contributed by atoms with van der Waals surface area (Å²) in [6.07, 6.45) is 1.74. The lowest BCUT2D eigenvalue weighted by atomic mass is 10.2. The first-order valence-electron chi connectivity index (χ1n) is 7.52. The molecule has 0 spiro atoms. The lowest BCUT2D eigenvalue weighted by molar-refractivity contribution is 0.601. The summed E-state index contributed by atoms with van der Waals surface area (Å²) >= 11 is 1.51. The summed E-state index contributed by atoms with van der Waals surface area (Å²) < 4.78 is 27.3. The summed E-state index contributed by atoms with van der Waals surface area (Å²) in [5, 5.41) is 0.853. The number of fused-ring (bicyclic) bond motifs is 1. The molecule has 0 unspecified atom stereocenters. The summed E-state index contributed by atoms with van der Waals surface area (Å²) in [5.74, 6) is 0. The Morgan fingerprint density at radius 2 is 1.64 bits per heavy atom. The minimum atomic E-state index is -3.58. The zero-order chi connectivity index (χ0) is 17.3. The molecule has 5 nitrogen and oxygen atoms in total. The van der Waals surface area contributed by atoms with Crippen LogP contribution >= 0.6 is 11.3 Å². The molecule has 25 heavy (non-hydrogen) atoms. The van der Waals surface area contributed by atoms with Gasteiger partial charge in [-0.05, 0) is 48.5 Å². The van der Waals surface area contributed by atoms with Crippen LogP contribution in [0.2, 0.25) is 0 Å². The van der Waals surface area contributed by atoms with Gasteiger partial charge in [0.2, 0.25) is 0 Å². The van der Waals surface area contributed by atoms with Gasteiger partial charge in [0.1, 0.15) is 15.4 Å². The van der Waals surface area contributed by atoms with Crippen molar-refractivity contribution in [2.75, 3.05) is 4.72 Å². The molecule has 0 saturated carbocycles. The highest BCUT2D eigenvalue weighted by molar-refractivity contribution is 7.92. The number of sulfonamides is 1. The number of nitrogens with zero attached hydrogens (tertiary/aromatic N) is 2. The molecule has 7 heteroatoms. The molecular formula is C18H13N3O2S2. The van der Waals surface area contributed by atoms with Crippen LogP contribution in [-0.2, 0) is 10.0 Å². The summed E-state index contributed by atoms with van der Waals surface area (Å²) in [7, 11) is -3.58. The zero-order valence-electron chi connectivity index (χ0n) is 13.0. The molecule has 0 aliphatic rings. The van der Waals surface area contributed by atoms with Crippen molar-refractivity contribution < 1.29 is 8.42 Å². The molecule has 2 heterocycles. The fourth-order valence-corrected chi connectivity index (χ4v) is 4.38.